The van der Waals surface area contributed by atoms with Crippen molar-refractivity contribution in [1.29, 1.82) is 0 Å². The molecule has 239 valence electrons. The summed E-state index contributed by atoms with van der Waals surface area (Å²) >= 11 is 5.89. The predicted octanol–water partition coefficient (Wildman–Crippen LogP) is 5.34. The molecule has 0 aliphatic rings. The van der Waals surface area contributed by atoms with Gasteiger partial charge in [0.15, 0.2) is 0 Å². The number of carbonyl (C=O) groups excluding carboxylic acids is 2. The third kappa shape index (κ3) is 48.7. The van der Waals surface area contributed by atoms with Gasteiger partial charge in [-0.2, -0.15) is 45.0 Å². The van der Waals surface area contributed by atoms with Crippen LogP contribution in [0.15, 0.2) is 0 Å². The van der Waals surface area contributed by atoms with Crippen molar-refractivity contribution in [2.24, 2.45) is 0 Å². The number of rotatable bonds is 13. The summed E-state index contributed by atoms with van der Waals surface area (Å²) in [4.78, 5) is 23.2. The van der Waals surface area contributed by atoms with E-state index in [1.165, 1.54) is 0 Å². The van der Waals surface area contributed by atoms with Crippen molar-refractivity contribution in [3.05, 3.63) is 0 Å². The third-order valence-corrected chi connectivity index (χ3v) is 5.21. The van der Waals surface area contributed by atoms with Crippen molar-refractivity contribution in [2.45, 2.75) is 151 Å². The molecule has 0 fully saturated rings. The molecule has 0 rings (SSSR count). The largest absolute Gasteiger partial charge is 1.00 e. The van der Waals surface area contributed by atoms with Crippen LogP contribution in [0.5, 0.6) is 0 Å². The van der Waals surface area contributed by atoms with Crippen molar-refractivity contribution in [3.63, 3.8) is 0 Å². The molecule has 0 aromatic carbocycles. The quantitative estimate of drug-likeness (QED) is 0.206. The molecule has 0 aliphatic carbocycles. The zero-order valence-corrected chi connectivity index (χ0v) is 32.9. The molecule has 0 saturated carbocycles. The van der Waals surface area contributed by atoms with Crippen LogP contribution in [0.4, 0.5) is 9.59 Å². The van der Waals surface area contributed by atoms with E-state index in [2.05, 4.69) is 50.3 Å². The van der Waals surface area contributed by atoms with Crippen molar-refractivity contribution >= 4 is 72.0 Å². The van der Waals surface area contributed by atoms with E-state index in [4.69, 9.17) is 9.47 Å². The van der Waals surface area contributed by atoms with Crippen LogP contribution in [-0.4, -0.2) is 62.1 Å². The minimum absolute atomic E-state index is 0. The van der Waals surface area contributed by atoms with Gasteiger partial charge in [0.05, 0.1) is 0 Å². The first-order valence-corrected chi connectivity index (χ1v) is 15.4. The number of thioether (sulfide) groups is 1. The summed E-state index contributed by atoms with van der Waals surface area (Å²) in [5, 5.41) is 5.92. The molecule has 6 nitrogen and oxygen atoms in total. The molecule has 0 spiro atoms. The smallest absolute Gasteiger partial charge is 0.796 e. The average molecular weight is 656 g/mol. The molecular formula is C28H65BN2NaO4S4. The standard InChI is InChI=1S/C13H27NO2S.C13H27NO2.CH4S.CH4.B.Na.2H2S/c1-6-7-8-11(9-10-17-5)14-12(15)16-13(2,3)4;1-6-8-10-11(9-7-2)14-12(15)16-13(3,4)5;1-2;;;;;/h11H,6-10H2,1-5H3,(H,14,15);11H,6-10H2,1-5H3,(H,14,15);2H,1H3;1H4;;;2*1H2/q;;;;;+1;;/p-1/t2*11-;;;;;;/m01....../s1. The van der Waals surface area contributed by atoms with Gasteiger partial charge in [-0.25, -0.2) is 9.59 Å². The minimum atomic E-state index is -0.418. The number of alkyl carbamates (subject to hydrolysis) is 2. The van der Waals surface area contributed by atoms with Crippen LogP contribution >= 0.6 is 38.8 Å². The molecule has 0 heterocycles. The summed E-state index contributed by atoms with van der Waals surface area (Å²) in [5.41, 5.74) is -0.829. The summed E-state index contributed by atoms with van der Waals surface area (Å²) in [5.74, 6) is 1.07. The summed E-state index contributed by atoms with van der Waals surface area (Å²) in [6, 6.07) is 0.511. The van der Waals surface area contributed by atoms with E-state index in [1.807, 2.05) is 53.3 Å². The third-order valence-electron chi connectivity index (χ3n) is 4.56. The zero-order chi connectivity index (χ0) is 27.9. The van der Waals surface area contributed by atoms with E-state index in [-0.39, 0.29) is 96.7 Å². The molecule has 0 saturated heterocycles. The molecule has 0 bridgehead atoms. The van der Waals surface area contributed by atoms with Gasteiger partial charge in [-0.15, -0.1) is 0 Å². The fourth-order valence-electron chi connectivity index (χ4n) is 3.04. The summed E-state index contributed by atoms with van der Waals surface area (Å²) in [6.07, 6.45) is 12.9. The molecular weight excluding hydrogens is 590 g/mol. The Morgan fingerprint density at radius 2 is 1.05 bits per heavy atom. The Kier molecular flexibility index (Phi) is 57.3. The second-order valence-electron chi connectivity index (χ2n) is 10.5. The Labute approximate surface area is 298 Å². The van der Waals surface area contributed by atoms with E-state index in [1.54, 1.807) is 6.26 Å². The second-order valence-corrected chi connectivity index (χ2v) is 11.5. The fraction of sp³-hybridized carbons (Fsp3) is 0.929. The maximum absolute atomic E-state index is 11.7. The first-order valence-electron chi connectivity index (χ1n) is 13.2. The number of nitrogens with one attached hydrogen (secondary N) is 2. The first kappa shape index (κ1) is 60.2. The van der Waals surface area contributed by atoms with Crippen molar-refractivity contribution < 1.29 is 48.6 Å². The molecule has 0 aromatic heterocycles. The van der Waals surface area contributed by atoms with Crippen LogP contribution in [0.1, 0.15) is 128 Å². The normalized spacial score (nSPS) is 11.1. The minimum Gasteiger partial charge on any atom is -0.796 e. The molecule has 2 atom stereocenters. The molecule has 2 amide bonds. The maximum atomic E-state index is 11.7. The van der Waals surface area contributed by atoms with Crippen LogP contribution in [-0.2, 0) is 22.1 Å². The number of amides is 2. The van der Waals surface area contributed by atoms with E-state index in [9.17, 15) is 9.59 Å². The summed E-state index contributed by atoms with van der Waals surface area (Å²) in [7, 11) is 0. The number of unbranched alkanes of at least 4 members (excludes halogenated alkanes) is 2. The topological polar surface area (TPSA) is 76.7 Å². The van der Waals surface area contributed by atoms with E-state index in [0.29, 0.717) is 0 Å². The SMILES string of the molecule is C.CCCC[C@@H](CCC)NC(=O)OC(C)(C)C.CCCC[C@@H](CCSC)NC(=O)OC(C)(C)C.C[S-].S.S.[B].[Na+]. The van der Waals surface area contributed by atoms with E-state index >= 15 is 0 Å². The summed E-state index contributed by atoms with van der Waals surface area (Å²) < 4.78 is 10.5. The van der Waals surface area contributed by atoms with Crippen LogP contribution in [0.2, 0.25) is 0 Å². The summed E-state index contributed by atoms with van der Waals surface area (Å²) in [6.45, 7) is 17.8. The Morgan fingerprint density at radius 1 is 0.725 bits per heavy atom. The van der Waals surface area contributed by atoms with Crippen LogP contribution in [0, 0.1) is 0 Å². The molecule has 3 radical (unpaired) electrons. The average Bonchev–Trinajstić information content (AvgIpc) is 2.73. The Balaban J connectivity index is -0.0000000718. The van der Waals surface area contributed by atoms with Gasteiger partial charge in [0, 0.05) is 20.5 Å². The molecule has 0 unspecified atom stereocenters. The number of hydrogen-bond acceptors (Lipinski definition) is 6. The van der Waals surface area contributed by atoms with Gasteiger partial charge >= 0.3 is 41.7 Å². The monoisotopic (exact) mass is 655 g/mol. The van der Waals surface area contributed by atoms with E-state index in [0.717, 1.165) is 63.5 Å². The van der Waals surface area contributed by atoms with Gasteiger partial charge in [-0.3, -0.25) is 0 Å². The van der Waals surface area contributed by atoms with Crippen molar-refractivity contribution in [2.75, 3.05) is 18.3 Å². The Hall–Kier alpha value is 1.00. The molecule has 0 aliphatic heterocycles. The number of ether oxygens (including phenoxy) is 2. The van der Waals surface area contributed by atoms with Gasteiger partial charge in [0.2, 0.25) is 0 Å². The van der Waals surface area contributed by atoms with Gasteiger partial charge in [-0.1, -0.05) is 60.3 Å². The first-order chi connectivity index (χ1) is 16.3. The van der Waals surface area contributed by atoms with Crippen LogP contribution in [0.25, 0.3) is 0 Å². The number of carbonyl (C=O) groups is 2. The molecule has 2 N–H and O–H groups in total. The van der Waals surface area contributed by atoms with Crippen LogP contribution in [0.3, 0.4) is 0 Å². The van der Waals surface area contributed by atoms with Crippen molar-refractivity contribution in [1.82, 2.24) is 10.6 Å². The van der Waals surface area contributed by atoms with Gasteiger partial charge in [0.1, 0.15) is 11.2 Å². The fourth-order valence-corrected chi connectivity index (χ4v) is 3.56. The van der Waals surface area contributed by atoms with Gasteiger partial charge in [0.25, 0.3) is 0 Å². The molecule has 12 heteroatoms. The Morgan fingerprint density at radius 3 is 1.30 bits per heavy atom. The van der Waals surface area contributed by atoms with Gasteiger partial charge in [-0.05, 0) is 79.2 Å². The molecule has 0 aromatic rings. The predicted molar refractivity (Wildman–Crippen MR) is 190 cm³/mol. The maximum Gasteiger partial charge on any atom is 1.00 e. The molecule has 40 heavy (non-hydrogen) atoms. The zero-order valence-electron chi connectivity index (χ0n) is 27.3. The van der Waals surface area contributed by atoms with E-state index < -0.39 is 11.2 Å². The van der Waals surface area contributed by atoms with Crippen LogP contribution < -0.4 is 40.2 Å². The number of hydrogen-bond donors (Lipinski definition) is 2. The van der Waals surface area contributed by atoms with Gasteiger partial charge < -0.3 is 32.7 Å². The Bertz CT molecular complexity index is 520. The van der Waals surface area contributed by atoms with Crippen molar-refractivity contribution in [3.8, 4) is 0 Å². The second kappa shape index (κ2) is 38.0.